The van der Waals surface area contributed by atoms with Crippen LogP contribution in [-0.2, 0) is 11.3 Å². The Balaban J connectivity index is 2.36. The number of rotatable bonds is 4. The fraction of sp³-hybridized carbons (Fsp3) is 0.308. The molecule has 0 saturated carbocycles. The summed E-state index contributed by atoms with van der Waals surface area (Å²) < 4.78 is 5.07. The summed E-state index contributed by atoms with van der Waals surface area (Å²) in [7, 11) is 3.78. The van der Waals surface area contributed by atoms with E-state index in [2.05, 4.69) is 5.32 Å². The number of benzene rings is 1. The maximum Gasteiger partial charge on any atom is 0.411 e. The Bertz CT molecular complexity index is 386. The van der Waals surface area contributed by atoms with E-state index in [1.807, 2.05) is 62.5 Å². The van der Waals surface area contributed by atoms with E-state index < -0.39 is 6.09 Å². The van der Waals surface area contributed by atoms with Gasteiger partial charge in [0, 0.05) is 26.0 Å². The third-order valence-electron chi connectivity index (χ3n) is 1.96. The average Bonchev–Trinajstić information content (AvgIpc) is 2.26. The fourth-order valence-electron chi connectivity index (χ4n) is 1.34. The second kappa shape index (κ2) is 6.58. The van der Waals surface area contributed by atoms with E-state index in [1.165, 1.54) is 0 Å². The van der Waals surface area contributed by atoms with Crippen LogP contribution in [0, 0.1) is 0 Å². The Hall–Kier alpha value is -1.97. The number of carbonyl (C=O) groups is 1. The number of carbonyl (C=O) groups excluding carboxylic acids is 1. The van der Waals surface area contributed by atoms with Crippen molar-refractivity contribution < 1.29 is 9.53 Å². The van der Waals surface area contributed by atoms with Gasteiger partial charge in [0.15, 0.2) is 0 Å². The Morgan fingerprint density at radius 2 is 2.00 bits per heavy atom. The molecule has 0 saturated heterocycles. The molecule has 1 aromatic rings. The molecule has 0 radical (unpaired) electrons. The molecule has 0 aliphatic heterocycles. The first-order valence-corrected chi connectivity index (χ1v) is 5.40. The summed E-state index contributed by atoms with van der Waals surface area (Å²) in [5, 5.41) is 2.64. The van der Waals surface area contributed by atoms with Crippen molar-refractivity contribution in [3.05, 3.63) is 47.8 Å². The van der Waals surface area contributed by atoms with Crippen molar-refractivity contribution in [1.29, 1.82) is 0 Å². The van der Waals surface area contributed by atoms with Gasteiger partial charge in [-0.25, -0.2) is 4.79 Å². The van der Waals surface area contributed by atoms with Crippen LogP contribution in [0.25, 0.3) is 0 Å². The molecular weight excluding hydrogens is 216 g/mol. The van der Waals surface area contributed by atoms with Gasteiger partial charge in [-0.05, 0) is 12.5 Å². The predicted octanol–water partition coefficient (Wildman–Crippen LogP) is 2.34. The van der Waals surface area contributed by atoms with E-state index in [-0.39, 0.29) is 6.61 Å². The molecule has 0 unspecified atom stereocenters. The van der Waals surface area contributed by atoms with Gasteiger partial charge in [0.1, 0.15) is 6.61 Å². The first-order chi connectivity index (χ1) is 8.08. The van der Waals surface area contributed by atoms with Crippen molar-refractivity contribution in [2.24, 2.45) is 0 Å². The first-order valence-electron chi connectivity index (χ1n) is 5.40. The molecule has 1 rings (SSSR count). The first kappa shape index (κ1) is 13.1. The van der Waals surface area contributed by atoms with Gasteiger partial charge < -0.3 is 9.64 Å². The lowest BCUT2D eigenvalue weighted by Gasteiger charge is -2.10. The minimum Gasteiger partial charge on any atom is -0.444 e. The maximum atomic E-state index is 11.4. The van der Waals surface area contributed by atoms with Gasteiger partial charge in [-0.15, -0.1) is 0 Å². The smallest absolute Gasteiger partial charge is 0.411 e. The highest BCUT2D eigenvalue weighted by Gasteiger charge is 2.02. The molecule has 17 heavy (non-hydrogen) atoms. The monoisotopic (exact) mass is 234 g/mol. The van der Waals surface area contributed by atoms with Crippen LogP contribution in [0.5, 0.6) is 0 Å². The van der Waals surface area contributed by atoms with Gasteiger partial charge in [-0.2, -0.15) is 0 Å². The van der Waals surface area contributed by atoms with Crippen LogP contribution in [0.4, 0.5) is 4.79 Å². The summed E-state index contributed by atoms with van der Waals surface area (Å²) in [4.78, 5) is 13.3. The molecule has 0 aliphatic rings. The topological polar surface area (TPSA) is 41.6 Å². The largest absolute Gasteiger partial charge is 0.444 e. The predicted molar refractivity (Wildman–Crippen MR) is 67.2 cm³/mol. The molecule has 0 aromatic heterocycles. The van der Waals surface area contributed by atoms with Crippen LogP contribution in [0.1, 0.15) is 12.5 Å². The summed E-state index contributed by atoms with van der Waals surface area (Å²) in [6.07, 6.45) is 1.37. The summed E-state index contributed by atoms with van der Waals surface area (Å²) >= 11 is 0. The van der Waals surface area contributed by atoms with Gasteiger partial charge in [0.2, 0.25) is 0 Å². The maximum absolute atomic E-state index is 11.4. The van der Waals surface area contributed by atoms with Crippen molar-refractivity contribution in [3.63, 3.8) is 0 Å². The Morgan fingerprint density at radius 3 is 2.59 bits per heavy atom. The zero-order valence-electron chi connectivity index (χ0n) is 10.4. The molecular formula is C13H18N2O2. The van der Waals surface area contributed by atoms with Gasteiger partial charge in [0.05, 0.1) is 0 Å². The fourth-order valence-corrected chi connectivity index (χ4v) is 1.34. The third kappa shape index (κ3) is 5.61. The number of hydrogen-bond donors (Lipinski definition) is 1. The van der Waals surface area contributed by atoms with E-state index in [0.717, 1.165) is 11.3 Å². The van der Waals surface area contributed by atoms with Crippen molar-refractivity contribution in [2.45, 2.75) is 13.5 Å². The van der Waals surface area contributed by atoms with Gasteiger partial charge in [-0.1, -0.05) is 30.3 Å². The lowest BCUT2D eigenvalue weighted by atomic mass is 10.2. The molecule has 0 bridgehead atoms. The number of amides is 1. The molecule has 1 aromatic carbocycles. The quantitative estimate of drug-likeness (QED) is 0.869. The van der Waals surface area contributed by atoms with Crippen molar-refractivity contribution in [3.8, 4) is 0 Å². The van der Waals surface area contributed by atoms with Crippen LogP contribution < -0.4 is 5.32 Å². The SMILES string of the molecule is C/C(=C/N(C)C)NC(=O)OCc1ccccc1. The normalized spacial score (nSPS) is 10.9. The Morgan fingerprint density at radius 1 is 1.35 bits per heavy atom. The molecule has 0 aliphatic carbocycles. The number of alkyl carbamates (subject to hydrolysis) is 1. The summed E-state index contributed by atoms with van der Waals surface area (Å²) in [6.45, 7) is 2.09. The Kier molecular flexibility index (Phi) is 5.07. The molecule has 4 heteroatoms. The minimum absolute atomic E-state index is 0.280. The van der Waals surface area contributed by atoms with E-state index in [1.54, 1.807) is 0 Å². The molecule has 1 N–H and O–H groups in total. The molecule has 0 atom stereocenters. The van der Waals surface area contributed by atoms with Gasteiger partial charge in [0.25, 0.3) is 0 Å². The van der Waals surface area contributed by atoms with Gasteiger partial charge in [-0.3, -0.25) is 5.32 Å². The molecule has 0 fully saturated rings. The van der Waals surface area contributed by atoms with Crippen LogP contribution in [0.3, 0.4) is 0 Å². The zero-order chi connectivity index (χ0) is 12.7. The van der Waals surface area contributed by atoms with E-state index >= 15 is 0 Å². The standard InChI is InChI=1S/C13H18N2O2/c1-11(9-15(2)3)14-13(16)17-10-12-7-5-4-6-8-12/h4-9H,10H2,1-3H3,(H,14,16)/b11-9-. The van der Waals surface area contributed by atoms with Crippen LogP contribution in [0.15, 0.2) is 42.2 Å². The van der Waals surface area contributed by atoms with E-state index in [9.17, 15) is 4.79 Å². The Labute approximate surface area is 102 Å². The number of ether oxygens (including phenoxy) is 1. The molecule has 1 amide bonds. The number of hydrogen-bond acceptors (Lipinski definition) is 3. The molecule has 0 heterocycles. The molecule has 0 spiro atoms. The highest BCUT2D eigenvalue weighted by atomic mass is 16.5. The van der Waals surface area contributed by atoms with E-state index in [4.69, 9.17) is 4.74 Å². The molecule has 4 nitrogen and oxygen atoms in total. The second-order valence-electron chi connectivity index (χ2n) is 3.96. The average molecular weight is 234 g/mol. The van der Waals surface area contributed by atoms with Crippen molar-refractivity contribution in [2.75, 3.05) is 14.1 Å². The van der Waals surface area contributed by atoms with Gasteiger partial charge >= 0.3 is 6.09 Å². The lowest BCUT2D eigenvalue weighted by molar-refractivity contribution is 0.142. The van der Waals surface area contributed by atoms with Crippen LogP contribution in [0.2, 0.25) is 0 Å². The van der Waals surface area contributed by atoms with E-state index in [0.29, 0.717) is 0 Å². The van der Waals surface area contributed by atoms with Crippen molar-refractivity contribution >= 4 is 6.09 Å². The second-order valence-corrected chi connectivity index (χ2v) is 3.96. The molecule has 92 valence electrons. The summed E-state index contributed by atoms with van der Waals surface area (Å²) in [5.41, 5.74) is 1.71. The van der Waals surface area contributed by atoms with Crippen molar-refractivity contribution in [1.82, 2.24) is 10.2 Å². The lowest BCUT2D eigenvalue weighted by Crippen LogP contribution is -2.23. The summed E-state index contributed by atoms with van der Waals surface area (Å²) in [5.74, 6) is 0. The van der Waals surface area contributed by atoms with Crippen LogP contribution in [-0.4, -0.2) is 25.1 Å². The highest BCUT2D eigenvalue weighted by Crippen LogP contribution is 2.01. The third-order valence-corrected chi connectivity index (χ3v) is 1.96. The zero-order valence-corrected chi connectivity index (χ0v) is 10.4. The summed E-state index contributed by atoms with van der Waals surface area (Å²) in [6, 6.07) is 9.57. The minimum atomic E-state index is -0.440. The van der Waals surface area contributed by atoms with Crippen LogP contribution >= 0.6 is 0 Å². The highest BCUT2D eigenvalue weighted by molar-refractivity contribution is 5.69. The number of allylic oxidation sites excluding steroid dienone is 1. The number of nitrogens with one attached hydrogen (secondary N) is 1. The number of nitrogens with zero attached hydrogens (tertiary/aromatic N) is 1.